The van der Waals surface area contributed by atoms with Crippen molar-refractivity contribution in [2.75, 3.05) is 26.3 Å². The van der Waals surface area contributed by atoms with E-state index >= 15 is 0 Å². The van der Waals surface area contributed by atoms with Crippen molar-refractivity contribution < 1.29 is 9.84 Å². The second-order valence-corrected chi connectivity index (χ2v) is 5.17. The number of ether oxygens (including phenoxy) is 1. The predicted molar refractivity (Wildman–Crippen MR) is 71.2 cm³/mol. The van der Waals surface area contributed by atoms with Crippen LogP contribution in [0.1, 0.15) is 52.4 Å². The van der Waals surface area contributed by atoms with Crippen molar-refractivity contribution >= 4 is 0 Å². The Balaban J connectivity index is 2.33. The van der Waals surface area contributed by atoms with Gasteiger partial charge in [0.2, 0.25) is 0 Å². The van der Waals surface area contributed by atoms with Crippen molar-refractivity contribution in [1.82, 2.24) is 4.90 Å². The van der Waals surface area contributed by atoms with E-state index in [1.165, 1.54) is 32.2 Å². The first-order valence-electron chi connectivity index (χ1n) is 7.24. The van der Waals surface area contributed by atoms with Crippen LogP contribution in [0.15, 0.2) is 0 Å². The van der Waals surface area contributed by atoms with Gasteiger partial charge in [0.1, 0.15) is 0 Å². The molecule has 0 aromatic carbocycles. The van der Waals surface area contributed by atoms with Crippen molar-refractivity contribution in [3.8, 4) is 0 Å². The highest BCUT2D eigenvalue weighted by atomic mass is 16.5. The molecule has 1 N–H and O–H groups in total. The molecule has 1 fully saturated rings. The van der Waals surface area contributed by atoms with E-state index in [0.29, 0.717) is 6.04 Å². The smallest absolute Gasteiger partial charge is 0.0527 e. The second kappa shape index (κ2) is 8.90. The Morgan fingerprint density at radius 3 is 2.88 bits per heavy atom. The Morgan fingerprint density at radius 2 is 2.18 bits per heavy atom. The molecule has 0 aromatic heterocycles. The molecule has 0 radical (unpaired) electrons. The maximum atomic E-state index is 9.57. The van der Waals surface area contributed by atoms with Gasteiger partial charge in [0.05, 0.1) is 6.10 Å². The third-order valence-corrected chi connectivity index (χ3v) is 3.55. The van der Waals surface area contributed by atoms with Crippen molar-refractivity contribution in [2.24, 2.45) is 0 Å². The zero-order valence-electron chi connectivity index (χ0n) is 11.5. The van der Waals surface area contributed by atoms with E-state index < -0.39 is 0 Å². The van der Waals surface area contributed by atoms with Crippen molar-refractivity contribution in [3.63, 3.8) is 0 Å². The van der Waals surface area contributed by atoms with E-state index in [4.69, 9.17) is 4.74 Å². The molecule has 1 saturated heterocycles. The Hall–Kier alpha value is -0.120. The lowest BCUT2D eigenvalue weighted by molar-refractivity contribution is 0.0946. The molecule has 0 bridgehead atoms. The first-order valence-corrected chi connectivity index (χ1v) is 7.24. The van der Waals surface area contributed by atoms with E-state index in [2.05, 4.69) is 4.90 Å². The largest absolute Gasteiger partial charge is 0.393 e. The van der Waals surface area contributed by atoms with Gasteiger partial charge in [-0.3, -0.25) is 0 Å². The Morgan fingerprint density at radius 1 is 1.35 bits per heavy atom. The molecule has 0 spiro atoms. The van der Waals surface area contributed by atoms with Crippen LogP contribution >= 0.6 is 0 Å². The number of aliphatic hydroxyl groups excluding tert-OH is 1. The van der Waals surface area contributed by atoms with Gasteiger partial charge in [-0.15, -0.1) is 0 Å². The van der Waals surface area contributed by atoms with Gasteiger partial charge in [-0.1, -0.05) is 12.8 Å². The fraction of sp³-hybridized carbons (Fsp3) is 1.00. The lowest BCUT2D eigenvalue weighted by Gasteiger charge is -2.30. The quantitative estimate of drug-likeness (QED) is 0.697. The summed E-state index contributed by atoms with van der Waals surface area (Å²) in [5, 5.41) is 9.57. The zero-order valence-corrected chi connectivity index (χ0v) is 11.5. The Bertz CT molecular complexity index is 185. The van der Waals surface area contributed by atoms with Crippen LogP contribution in [-0.4, -0.2) is 48.5 Å². The van der Waals surface area contributed by atoms with Gasteiger partial charge in [-0.05, 0) is 46.1 Å². The lowest BCUT2D eigenvalue weighted by Crippen LogP contribution is -2.38. The van der Waals surface area contributed by atoms with Crippen molar-refractivity contribution in [1.29, 1.82) is 0 Å². The molecule has 17 heavy (non-hydrogen) atoms. The van der Waals surface area contributed by atoms with Crippen LogP contribution in [0.2, 0.25) is 0 Å². The molecule has 3 heteroatoms. The molecule has 1 aliphatic rings. The SMILES string of the molecule is CCOCCCN1CCCCCC1CC(C)O. The molecule has 2 unspecified atom stereocenters. The summed E-state index contributed by atoms with van der Waals surface area (Å²) in [4.78, 5) is 2.57. The van der Waals surface area contributed by atoms with Gasteiger partial charge >= 0.3 is 0 Å². The monoisotopic (exact) mass is 243 g/mol. The van der Waals surface area contributed by atoms with Crippen LogP contribution in [0.25, 0.3) is 0 Å². The lowest BCUT2D eigenvalue weighted by atomic mass is 10.0. The van der Waals surface area contributed by atoms with Gasteiger partial charge < -0.3 is 14.7 Å². The van der Waals surface area contributed by atoms with Gasteiger partial charge in [-0.2, -0.15) is 0 Å². The first-order chi connectivity index (χ1) is 8.24. The molecule has 1 aliphatic heterocycles. The van der Waals surface area contributed by atoms with Crippen LogP contribution < -0.4 is 0 Å². The van der Waals surface area contributed by atoms with Gasteiger partial charge in [0.25, 0.3) is 0 Å². The van der Waals surface area contributed by atoms with Crippen molar-refractivity contribution in [2.45, 2.75) is 64.5 Å². The summed E-state index contributed by atoms with van der Waals surface area (Å²) in [6, 6.07) is 0.583. The Labute approximate surface area is 106 Å². The third-order valence-electron chi connectivity index (χ3n) is 3.55. The number of hydrogen-bond acceptors (Lipinski definition) is 3. The van der Waals surface area contributed by atoms with Crippen LogP contribution in [0.3, 0.4) is 0 Å². The van der Waals surface area contributed by atoms with Gasteiger partial charge in [0.15, 0.2) is 0 Å². The minimum absolute atomic E-state index is 0.174. The first kappa shape index (κ1) is 14.9. The molecular weight excluding hydrogens is 214 g/mol. The molecule has 1 rings (SSSR count). The molecular formula is C14H29NO2. The minimum Gasteiger partial charge on any atom is -0.393 e. The molecule has 0 aromatic rings. The third kappa shape index (κ3) is 6.39. The van der Waals surface area contributed by atoms with E-state index in [9.17, 15) is 5.11 Å². The minimum atomic E-state index is -0.174. The summed E-state index contributed by atoms with van der Waals surface area (Å²) in [6.45, 7) is 7.96. The maximum absolute atomic E-state index is 9.57. The highest BCUT2D eigenvalue weighted by Crippen LogP contribution is 2.20. The summed E-state index contributed by atoms with van der Waals surface area (Å²) >= 11 is 0. The summed E-state index contributed by atoms with van der Waals surface area (Å²) in [6.07, 6.45) is 7.09. The number of nitrogens with zero attached hydrogens (tertiary/aromatic N) is 1. The molecule has 0 saturated carbocycles. The highest BCUT2D eigenvalue weighted by molar-refractivity contribution is 4.77. The predicted octanol–water partition coefficient (Wildman–Crippen LogP) is 2.43. The molecule has 0 aliphatic carbocycles. The zero-order chi connectivity index (χ0) is 12.5. The molecule has 0 amide bonds. The van der Waals surface area contributed by atoms with Crippen LogP contribution in [0.5, 0.6) is 0 Å². The van der Waals surface area contributed by atoms with Gasteiger partial charge in [0, 0.05) is 25.8 Å². The number of likely N-dealkylation sites (tertiary alicyclic amines) is 1. The van der Waals surface area contributed by atoms with E-state index in [1.807, 2.05) is 13.8 Å². The van der Waals surface area contributed by atoms with Crippen LogP contribution in [-0.2, 0) is 4.74 Å². The second-order valence-electron chi connectivity index (χ2n) is 5.17. The molecule has 3 nitrogen and oxygen atoms in total. The summed E-state index contributed by atoms with van der Waals surface area (Å²) < 4.78 is 5.40. The Kier molecular flexibility index (Phi) is 7.82. The topological polar surface area (TPSA) is 32.7 Å². The van der Waals surface area contributed by atoms with E-state index in [-0.39, 0.29) is 6.10 Å². The fourth-order valence-electron chi connectivity index (χ4n) is 2.71. The van der Waals surface area contributed by atoms with Crippen LogP contribution in [0, 0.1) is 0 Å². The maximum Gasteiger partial charge on any atom is 0.0527 e. The van der Waals surface area contributed by atoms with Gasteiger partial charge in [-0.25, -0.2) is 0 Å². The average Bonchev–Trinajstić information content (AvgIpc) is 2.50. The summed E-state index contributed by atoms with van der Waals surface area (Å²) in [5.74, 6) is 0. The van der Waals surface area contributed by atoms with E-state index in [0.717, 1.165) is 32.6 Å². The molecule has 2 atom stereocenters. The number of rotatable bonds is 7. The van der Waals surface area contributed by atoms with E-state index in [1.54, 1.807) is 0 Å². The summed E-state index contributed by atoms with van der Waals surface area (Å²) in [7, 11) is 0. The average molecular weight is 243 g/mol. The van der Waals surface area contributed by atoms with Crippen molar-refractivity contribution in [3.05, 3.63) is 0 Å². The fourth-order valence-corrected chi connectivity index (χ4v) is 2.71. The van der Waals surface area contributed by atoms with Crippen LogP contribution in [0.4, 0.5) is 0 Å². The normalized spacial score (nSPS) is 24.5. The standard InChI is InChI=1S/C14H29NO2/c1-3-17-11-7-10-15-9-6-4-5-8-14(15)12-13(2)16/h13-14,16H,3-12H2,1-2H3. The molecule has 1 heterocycles. The molecule has 102 valence electrons. The number of aliphatic hydroxyl groups is 1. The summed E-state index contributed by atoms with van der Waals surface area (Å²) in [5.41, 5.74) is 0. The highest BCUT2D eigenvalue weighted by Gasteiger charge is 2.21. The number of hydrogen-bond donors (Lipinski definition) is 1.